The number of ether oxygens (including phenoxy) is 1. The third kappa shape index (κ3) is 8.57. The first-order valence-electron chi connectivity index (χ1n) is 4.83. The van der Waals surface area contributed by atoms with Crippen LogP contribution >= 0.6 is 12.0 Å². The molecule has 1 amide bonds. The lowest BCUT2D eigenvalue weighted by atomic mass is 10.1. The molecule has 0 aliphatic carbocycles. The molecule has 15 heavy (non-hydrogen) atoms. The third-order valence-corrected chi connectivity index (χ3v) is 1.73. The van der Waals surface area contributed by atoms with Gasteiger partial charge in [0.1, 0.15) is 5.60 Å². The second kappa shape index (κ2) is 5.61. The van der Waals surface area contributed by atoms with Crippen LogP contribution in [0.15, 0.2) is 0 Å². The van der Waals surface area contributed by atoms with Crippen LogP contribution in [0.5, 0.6) is 0 Å². The van der Waals surface area contributed by atoms with Gasteiger partial charge in [0.15, 0.2) is 0 Å². The van der Waals surface area contributed by atoms with Crippen LogP contribution in [0.4, 0.5) is 4.79 Å². The number of rotatable bonds is 4. The Hall–Kier alpha value is -0.420. The smallest absolute Gasteiger partial charge is 0.408 e. The highest BCUT2D eigenvalue weighted by Gasteiger charge is 2.24. The number of amides is 1. The van der Waals surface area contributed by atoms with Crippen molar-refractivity contribution in [1.82, 2.24) is 5.32 Å². The summed E-state index contributed by atoms with van der Waals surface area (Å²) in [5.41, 5.74) is -0.897. The first-order chi connectivity index (χ1) is 6.66. The topological polar surface area (TPSA) is 47.6 Å². The molecule has 0 aromatic rings. The van der Waals surface area contributed by atoms with Gasteiger partial charge in [0, 0.05) is 6.26 Å². The molecule has 0 aromatic heterocycles. The van der Waals surface area contributed by atoms with Crippen molar-refractivity contribution in [2.75, 3.05) is 12.9 Å². The van der Waals surface area contributed by atoms with E-state index in [0.29, 0.717) is 6.61 Å². The molecule has 0 rings (SSSR count). The fourth-order valence-electron chi connectivity index (χ4n) is 0.822. The molecule has 0 atom stereocenters. The van der Waals surface area contributed by atoms with E-state index in [2.05, 4.69) is 5.32 Å². The van der Waals surface area contributed by atoms with Crippen molar-refractivity contribution in [2.45, 2.75) is 45.8 Å². The monoisotopic (exact) mass is 235 g/mol. The van der Waals surface area contributed by atoms with Crippen LogP contribution in [0.25, 0.3) is 0 Å². The van der Waals surface area contributed by atoms with E-state index in [1.807, 2.05) is 40.9 Å². The molecular formula is C10H21NO3S. The molecule has 1 N–H and O–H groups in total. The van der Waals surface area contributed by atoms with Crippen molar-refractivity contribution >= 4 is 18.1 Å². The van der Waals surface area contributed by atoms with E-state index in [4.69, 9.17) is 8.92 Å². The van der Waals surface area contributed by atoms with E-state index in [0.717, 1.165) is 0 Å². The van der Waals surface area contributed by atoms with E-state index in [9.17, 15) is 4.79 Å². The highest BCUT2D eigenvalue weighted by atomic mass is 32.2. The molecule has 0 spiro atoms. The van der Waals surface area contributed by atoms with Gasteiger partial charge in [0.2, 0.25) is 0 Å². The minimum absolute atomic E-state index is 0.419. The van der Waals surface area contributed by atoms with Crippen molar-refractivity contribution in [2.24, 2.45) is 0 Å². The lowest BCUT2D eigenvalue weighted by molar-refractivity contribution is 0.0447. The Kier molecular flexibility index (Phi) is 5.45. The van der Waals surface area contributed by atoms with Gasteiger partial charge < -0.3 is 14.2 Å². The second-order valence-electron chi connectivity index (χ2n) is 4.94. The highest BCUT2D eigenvalue weighted by molar-refractivity contribution is 7.93. The maximum absolute atomic E-state index is 11.4. The molecule has 4 nitrogen and oxygen atoms in total. The summed E-state index contributed by atoms with van der Waals surface area (Å²) in [6, 6.07) is 0. The average molecular weight is 235 g/mol. The summed E-state index contributed by atoms with van der Waals surface area (Å²) in [7, 11) is 0. The Morgan fingerprint density at radius 1 is 1.27 bits per heavy atom. The van der Waals surface area contributed by atoms with Crippen molar-refractivity contribution < 1.29 is 13.7 Å². The van der Waals surface area contributed by atoms with Gasteiger partial charge in [-0.15, -0.1) is 0 Å². The molecule has 5 heteroatoms. The zero-order valence-corrected chi connectivity index (χ0v) is 11.2. The number of carbonyl (C=O) groups excluding carboxylic acids is 1. The summed E-state index contributed by atoms with van der Waals surface area (Å²) in [5, 5.41) is 2.75. The molecule has 0 aliphatic heterocycles. The molecule has 0 saturated heterocycles. The second-order valence-corrected chi connectivity index (χ2v) is 5.51. The van der Waals surface area contributed by atoms with Crippen molar-refractivity contribution in [3.8, 4) is 0 Å². The molecule has 0 aliphatic rings. The van der Waals surface area contributed by atoms with Crippen LogP contribution in [0.2, 0.25) is 0 Å². The molecular weight excluding hydrogens is 214 g/mol. The van der Waals surface area contributed by atoms with Crippen molar-refractivity contribution in [3.63, 3.8) is 0 Å². The van der Waals surface area contributed by atoms with Gasteiger partial charge in [0.25, 0.3) is 0 Å². The van der Waals surface area contributed by atoms with Gasteiger partial charge in [-0.1, -0.05) is 0 Å². The van der Waals surface area contributed by atoms with Gasteiger partial charge in [0.05, 0.1) is 12.1 Å². The molecule has 0 fully saturated rings. The summed E-state index contributed by atoms with van der Waals surface area (Å²) in [6.45, 7) is 9.70. The summed E-state index contributed by atoms with van der Waals surface area (Å²) in [6.07, 6.45) is 1.42. The standard InChI is InChI=1S/C10H21NO3S/c1-9(2,3)14-8(12)11-10(4,5)7-13-15-6/h7H2,1-6H3,(H,11,12). The van der Waals surface area contributed by atoms with Crippen molar-refractivity contribution in [3.05, 3.63) is 0 Å². The quantitative estimate of drug-likeness (QED) is 0.761. The summed E-state index contributed by atoms with van der Waals surface area (Å²) in [4.78, 5) is 11.4. The van der Waals surface area contributed by atoms with Crippen LogP contribution < -0.4 is 5.32 Å². The zero-order chi connectivity index (χ0) is 12.1. The van der Waals surface area contributed by atoms with Crippen molar-refractivity contribution in [1.29, 1.82) is 0 Å². The summed E-state index contributed by atoms with van der Waals surface area (Å²) >= 11 is 1.28. The molecule has 0 heterocycles. The predicted molar refractivity (Wildman–Crippen MR) is 62.9 cm³/mol. The van der Waals surface area contributed by atoms with Gasteiger partial charge in [-0.2, -0.15) is 0 Å². The van der Waals surface area contributed by atoms with E-state index in [-0.39, 0.29) is 0 Å². The predicted octanol–water partition coefficient (Wildman–Crippen LogP) is 2.58. The van der Waals surface area contributed by atoms with E-state index >= 15 is 0 Å². The van der Waals surface area contributed by atoms with Gasteiger partial charge in [-0.3, -0.25) is 0 Å². The highest BCUT2D eigenvalue weighted by Crippen LogP contribution is 2.11. The Morgan fingerprint density at radius 3 is 2.20 bits per heavy atom. The maximum atomic E-state index is 11.4. The van der Waals surface area contributed by atoms with Crippen LogP contribution in [-0.4, -0.2) is 30.1 Å². The molecule has 0 aromatic carbocycles. The first kappa shape index (κ1) is 14.6. The number of nitrogens with one attached hydrogen (secondary N) is 1. The first-order valence-corrected chi connectivity index (χ1v) is 5.98. The molecule has 0 bridgehead atoms. The van der Waals surface area contributed by atoms with Crippen LogP contribution in [0, 0.1) is 0 Å². The maximum Gasteiger partial charge on any atom is 0.408 e. The normalized spacial score (nSPS) is 12.4. The zero-order valence-electron chi connectivity index (χ0n) is 10.3. The summed E-state index contributed by atoms with van der Waals surface area (Å²) < 4.78 is 10.3. The number of alkyl carbamates (subject to hydrolysis) is 1. The molecule has 0 unspecified atom stereocenters. The van der Waals surface area contributed by atoms with Crippen LogP contribution in [0.1, 0.15) is 34.6 Å². The van der Waals surface area contributed by atoms with E-state index < -0.39 is 17.2 Å². The summed E-state index contributed by atoms with van der Waals surface area (Å²) in [5.74, 6) is 0. The Balaban J connectivity index is 4.04. The average Bonchev–Trinajstić information content (AvgIpc) is 1.95. The van der Waals surface area contributed by atoms with E-state index in [1.165, 1.54) is 12.0 Å². The van der Waals surface area contributed by atoms with E-state index in [1.54, 1.807) is 0 Å². The number of carbonyl (C=O) groups is 1. The minimum atomic E-state index is -0.472. The SMILES string of the molecule is CSOCC(C)(C)NC(=O)OC(C)(C)C. The molecule has 0 radical (unpaired) electrons. The largest absolute Gasteiger partial charge is 0.444 e. The third-order valence-electron chi connectivity index (χ3n) is 1.38. The van der Waals surface area contributed by atoms with Crippen LogP contribution in [-0.2, 0) is 8.92 Å². The molecule has 90 valence electrons. The molecule has 0 saturated carbocycles. The Labute approximate surface area is 96.3 Å². The van der Waals surface area contributed by atoms with Crippen LogP contribution in [0.3, 0.4) is 0 Å². The van der Waals surface area contributed by atoms with Gasteiger partial charge >= 0.3 is 6.09 Å². The van der Waals surface area contributed by atoms with Gasteiger partial charge in [-0.05, 0) is 46.7 Å². The Bertz CT molecular complexity index is 211. The van der Waals surface area contributed by atoms with Gasteiger partial charge in [-0.25, -0.2) is 4.79 Å². The lowest BCUT2D eigenvalue weighted by Gasteiger charge is -2.27. The fourth-order valence-corrected chi connectivity index (χ4v) is 1.23. The minimum Gasteiger partial charge on any atom is -0.444 e. The number of hydrogen-bond acceptors (Lipinski definition) is 4. The fraction of sp³-hybridized carbons (Fsp3) is 0.900. The lowest BCUT2D eigenvalue weighted by Crippen LogP contribution is -2.48. The Morgan fingerprint density at radius 2 is 1.80 bits per heavy atom. The number of hydrogen-bond donors (Lipinski definition) is 1.